The third kappa shape index (κ3) is 3.36. The van der Waals surface area contributed by atoms with Gasteiger partial charge >= 0.3 is 0 Å². The Morgan fingerprint density at radius 2 is 2.36 bits per heavy atom. The number of aromatic nitrogens is 1. The number of rotatable bonds is 5. The molecule has 3 heterocycles. The van der Waals surface area contributed by atoms with Gasteiger partial charge in [-0.15, -0.1) is 6.58 Å². The molecular formula is C21H23N5OS. The normalized spacial score (nSPS) is 25.2. The second-order valence-electron chi connectivity index (χ2n) is 7.58. The van der Waals surface area contributed by atoms with Crippen LogP contribution in [-0.4, -0.2) is 34.3 Å². The highest BCUT2D eigenvalue weighted by atomic mass is 32.2. The third-order valence-electron chi connectivity index (χ3n) is 6.00. The lowest BCUT2D eigenvalue weighted by Gasteiger charge is -2.39. The van der Waals surface area contributed by atoms with Gasteiger partial charge in [0.2, 0.25) is 0 Å². The van der Waals surface area contributed by atoms with Crippen LogP contribution in [0.25, 0.3) is 21.3 Å². The molecule has 1 aromatic heterocycles. The maximum Gasteiger partial charge on any atom is 0.282 e. The number of piperidine rings is 1. The summed E-state index contributed by atoms with van der Waals surface area (Å²) in [6, 6.07) is 8.49. The quantitative estimate of drug-likeness (QED) is 0.285. The molecule has 2 saturated heterocycles. The molecule has 1 aromatic carbocycles. The molecule has 7 heteroatoms. The monoisotopic (exact) mass is 393 g/mol. The van der Waals surface area contributed by atoms with Crippen LogP contribution in [-0.2, 0) is 0 Å². The molecule has 6 nitrogen and oxygen atoms in total. The van der Waals surface area contributed by atoms with Crippen molar-refractivity contribution in [1.82, 2.24) is 9.88 Å². The van der Waals surface area contributed by atoms with Crippen molar-refractivity contribution in [3.8, 4) is 0 Å². The van der Waals surface area contributed by atoms with Crippen molar-refractivity contribution in [2.24, 2.45) is 17.0 Å². The van der Waals surface area contributed by atoms with Crippen molar-refractivity contribution in [1.29, 1.82) is 0 Å². The summed E-state index contributed by atoms with van der Waals surface area (Å²) in [5, 5.41) is 5.15. The van der Waals surface area contributed by atoms with Gasteiger partial charge in [0.15, 0.2) is 0 Å². The number of carbonyl (C=O) groups is 1. The highest BCUT2D eigenvalue weighted by molar-refractivity contribution is 8.14. The summed E-state index contributed by atoms with van der Waals surface area (Å²) < 4.78 is 0. The summed E-state index contributed by atoms with van der Waals surface area (Å²) in [5.74, 6) is 0.518. The smallest absolute Gasteiger partial charge is 0.282 e. The van der Waals surface area contributed by atoms with Gasteiger partial charge in [-0.05, 0) is 60.9 Å². The molecule has 0 saturated carbocycles. The molecule has 0 bridgehead atoms. The van der Waals surface area contributed by atoms with Gasteiger partial charge in [0.05, 0.1) is 10.8 Å². The average Bonchev–Trinajstić information content (AvgIpc) is 3.04. The lowest BCUT2D eigenvalue weighted by molar-refractivity contribution is 0.136. The topological polar surface area (TPSA) is 82.0 Å². The summed E-state index contributed by atoms with van der Waals surface area (Å²) in [4.78, 5) is 22.1. The molecule has 0 radical (unpaired) electrons. The Kier molecular flexibility index (Phi) is 5.29. The van der Waals surface area contributed by atoms with E-state index in [1.807, 2.05) is 23.2 Å². The van der Waals surface area contributed by atoms with E-state index < -0.39 is 0 Å². The molecule has 2 aliphatic rings. The molecule has 28 heavy (non-hydrogen) atoms. The molecule has 2 aliphatic heterocycles. The molecule has 2 fully saturated rings. The van der Waals surface area contributed by atoms with E-state index in [9.17, 15) is 4.79 Å². The number of pyridine rings is 1. The largest absolute Gasteiger partial charge is 0.329 e. The summed E-state index contributed by atoms with van der Waals surface area (Å²) in [5.41, 5.74) is 12.0. The Bertz CT molecular complexity index is 970. The Morgan fingerprint density at radius 1 is 1.50 bits per heavy atom. The van der Waals surface area contributed by atoms with Crippen LogP contribution in [0.2, 0.25) is 0 Å². The van der Waals surface area contributed by atoms with Crippen molar-refractivity contribution in [2.45, 2.75) is 31.1 Å². The predicted molar refractivity (Wildman–Crippen MR) is 113 cm³/mol. The molecule has 4 rings (SSSR count). The molecular weight excluding hydrogens is 370 g/mol. The number of benzene rings is 1. The highest BCUT2D eigenvalue weighted by Gasteiger charge is 2.46. The number of hydrogen-bond donors (Lipinski definition) is 0. The number of carbonyl (C=O) groups excluding carboxylic acids is 1. The van der Waals surface area contributed by atoms with Gasteiger partial charge in [0.1, 0.15) is 0 Å². The minimum Gasteiger partial charge on any atom is -0.329 e. The average molecular weight is 394 g/mol. The predicted octanol–water partition coefficient (Wildman–Crippen LogP) is 5.64. The first kappa shape index (κ1) is 18.8. The Hall–Kier alpha value is -2.50. The van der Waals surface area contributed by atoms with E-state index in [0.29, 0.717) is 12.5 Å². The van der Waals surface area contributed by atoms with E-state index in [4.69, 9.17) is 5.53 Å². The fourth-order valence-electron chi connectivity index (χ4n) is 4.53. The highest BCUT2D eigenvalue weighted by Crippen LogP contribution is 2.50. The number of nitrogens with zero attached hydrogens (tertiary/aromatic N) is 5. The molecule has 0 unspecified atom stereocenters. The van der Waals surface area contributed by atoms with E-state index in [2.05, 4.69) is 46.7 Å². The summed E-state index contributed by atoms with van der Waals surface area (Å²) >= 11 is 1.44. The number of thioether (sulfide) groups is 1. The maximum absolute atomic E-state index is 12.7. The first-order valence-corrected chi connectivity index (χ1v) is 10.5. The first-order valence-electron chi connectivity index (χ1n) is 9.58. The number of hydrogen-bond acceptors (Lipinski definition) is 4. The third-order valence-corrected chi connectivity index (χ3v) is 7.26. The fraction of sp³-hybridized carbons (Fsp3) is 0.429. The van der Waals surface area contributed by atoms with Gasteiger partial charge in [-0.3, -0.25) is 9.78 Å². The zero-order valence-electron chi connectivity index (χ0n) is 15.9. The Labute approximate surface area is 168 Å². The maximum atomic E-state index is 12.7. The molecule has 0 N–H and O–H groups in total. The molecule has 4 atom stereocenters. The number of fused-ring (bicyclic) bond motifs is 2. The van der Waals surface area contributed by atoms with Gasteiger partial charge in [0.25, 0.3) is 5.24 Å². The zero-order valence-corrected chi connectivity index (χ0v) is 16.7. The van der Waals surface area contributed by atoms with E-state index in [1.54, 1.807) is 0 Å². The second-order valence-corrected chi connectivity index (χ2v) is 8.68. The van der Waals surface area contributed by atoms with Gasteiger partial charge in [0, 0.05) is 35.6 Å². The Morgan fingerprint density at radius 3 is 3.14 bits per heavy atom. The lowest BCUT2D eigenvalue weighted by Crippen LogP contribution is -2.43. The Balaban J connectivity index is 1.67. The summed E-state index contributed by atoms with van der Waals surface area (Å²) in [7, 11) is 0. The van der Waals surface area contributed by atoms with Crippen LogP contribution in [0.1, 0.15) is 29.2 Å². The summed E-state index contributed by atoms with van der Waals surface area (Å²) in [6.45, 7) is 7.20. The zero-order chi connectivity index (χ0) is 19.7. The van der Waals surface area contributed by atoms with Crippen LogP contribution in [0.5, 0.6) is 0 Å². The van der Waals surface area contributed by atoms with Gasteiger partial charge in [-0.25, -0.2) is 0 Å². The van der Waals surface area contributed by atoms with E-state index in [0.717, 1.165) is 30.3 Å². The molecule has 144 valence electrons. The van der Waals surface area contributed by atoms with Crippen molar-refractivity contribution in [3.05, 3.63) is 64.7 Å². The number of aryl methyl sites for hydroxylation is 1. The van der Waals surface area contributed by atoms with Crippen LogP contribution in [0, 0.1) is 18.8 Å². The number of amides is 1. The van der Waals surface area contributed by atoms with Crippen LogP contribution in [0.3, 0.4) is 0 Å². The van der Waals surface area contributed by atoms with E-state index in [1.165, 1.54) is 22.9 Å². The van der Waals surface area contributed by atoms with Crippen LogP contribution < -0.4 is 0 Å². The standard InChI is InChI=1S/C21H23N5OS/c1-3-14(12-24-25-22)15-7-9-26-19(11-15)20(28-21(26)27)16-6-8-23-18-5-4-13(2)10-17(16)18/h3-6,8,10,14-15,19-20H,1,7,9,11-12H2,2H3/t14-,15-,19-,20+/m0/s1. The molecule has 2 aromatic rings. The number of azide groups is 1. The second kappa shape index (κ2) is 7.86. The van der Waals surface area contributed by atoms with E-state index >= 15 is 0 Å². The van der Waals surface area contributed by atoms with E-state index in [-0.39, 0.29) is 22.4 Å². The van der Waals surface area contributed by atoms with Crippen molar-refractivity contribution < 1.29 is 4.79 Å². The van der Waals surface area contributed by atoms with Crippen molar-refractivity contribution in [3.63, 3.8) is 0 Å². The molecule has 0 spiro atoms. The summed E-state index contributed by atoms with van der Waals surface area (Å²) in [6.07, 6.45) is 5.56. The fourth-order valence-corrected chi connectivity index (χ4v) is 5.86. The van der Waals surface area contributed by atoms with Crippen LogP contribution >= 0.6 is 11.8 Å². The van der Waals surface area contributed by atoms with Gasteiger partial charge < -0.3 is 4.90 Å². The van der Waals surface area contributed by atoms with Crippen LogP contribution in [0.15, 0.2) is 48.2 Å². The van der Waals surface area contributed by atoms with Gasteiger partial charge in [-0.2, -0.15) is 0 Å². The lowest BCUT2D eigenvalue weighted by atomic mass is 9.79. The van der Waals surface area contributed by atoms with Crippen molar-refractivity contribution in [2.75, 3.05) is 13.1 Å². The van der Waals surface area contributed by atoms with Crippen LogP contribution in [0.4, 0.5) is 4.79 Å². The van der Waals surface area contributed by atoms with Gasteiger partial charge in [-0.1, -0.05) is 34.6 Å². The van der Waals surface area contributed by atoms with Crippen molar-refractivity contribution >= 4 is 27.9 Å². The SMILES string of the molecule is C=C[C@@H](CN=[N+]=[N-])[C@H]1CCN2C(=O)S[C@H](c3ccnc4ccc(C)cc34)[C@@H]2C1. The minimum absolute atomic E-state index is 0.0903. The molecule has 1 amide bonds. The first-order chi connectivity index (χ1) is 13.6. The minimum atomic E-state index is 0.0903. The molecule has 0 aliphatic carbocycles.